The molecular formula is C15H21N3O3. The Labute approximate surface area is 124 Å². The van der Waals surface area contributed by atoms with Crippen LogP contribution in [0.1, 0.15) is 47.3 Å². The van der Waals surface area contributed by atoms with E-state index in [1.54, 1.807) is 13.0 Å². The number of carbonyl (C=O) groups excluding carboxylic acids is 1. The van der Waals surface area contributed by atoms with Crippen LogP contribution in [0.5, 0.6) is 0 Å². The van der Waals surface area contributed by atoms with Gasteiger partial charge in [0, 0.05) is 24.7 Å². The number of aromatic carboxylic acids is 1. The number of carboxylic acid groups (broad SMARTS) is 1. The van der Waals surface area contributed by atoms with E-state index in [0.29, 0.717) is 36.8 Å². The summed E-state index contributed by atoms with van der Waals surface area (Å²) in [5, 5.41) is 15.2. The van der Waals surface area contributed by atoms with Crippen LogP contribution in [0.2, 0.25) is 0 Å². The fourth-order valence-electron chi connectivity index (χ4n) is 2.22. The number of nitrogens with one attached hydrogen (secondary N) is 2. The minimum atomic E-state index is -0.992. The molecule has 1 fully saturated rings. The van der Waals surface area contributed by atoms with Gasteiger partial charge in [0.2, 0.25) is 5.91 Å². The van der Waals surface area contributed by atoms with Gasteiger partial charge in [0.05, 0.1) is 0 Å². The molecule has 0 atom stereocenters. The summed E-state index contributed by atoms with van der Waals surface area (Å²) in [5.74, 6) is -0.553. The Morgan fingerprint density at radius 3 is 2.71 bits per heavy atom. The number of anilines is 1. The topological polar surface area (TPSA) is 91.3 Å². The van der Waals surface area contributed by atoms with Crippen LogP contribution in [0.3, 0.4) is 0 Å². The number of pyridine rings is 1. The first-order chi connectivity index (χ1) is 9.97. The van der Waals surface area contributed by atoms with Crippen molar-refractivity contribution in [2.75, 3.05) is 11.9 Å². The third kappa shape index (κ3) is 4.44. The molecule has 1 saturated carbocycles. The maximum Gasteiger partial charge on any atom is 0.339 e. The summed E-state index contributed by atoms with van der Waals surface area (Å²) < 4.78 is 0. The van der Waals surface area contributed by atoms with Gasteiger partial charge in [-0.3, -0.25) is 4.79 Å². The Hall–Kier alpha value is -2.11. The zero-order valence-electron chi connectivity index (χ0n) is 12.4. The van der Waals surface area contributed by atoms with Gasteiger partial charge in [-0.15, -0.1) is 0 Å². The normalized spacial score (nSPS) is 13.8. The molecule has 6 heteroatoms. The summed E-state index contributed by atoms with van der Waals surface area (Å²) in [5.41, 5.74) is 1.65. The molecule has 6 nitrogen and oxygen atoms in total. The van der Waals surface area contributed by atoms with Gasteiger partial charge in [-0.2, -0.15) is 0 Å². The monoisotopic (exact) mass is 291 g/mol. The molecule has 0 aliphatic heterocycles. The van der Waals surface area contributed by atoms with Crippen LogP contribution < -0.4 is 10.6 Å². The highest BCUT2D eigenvalue weighted by Gasteiger charge is 2.22. The van der Waals surface area contributed by atoms with Crippen LogP contribution in [0.4, 0.5) is 5.82 Å². The molecule has 1 aromatic rings. The lowest BCUT2D eigenvalue weighted by molar-refractivity contribution is -0.121. The maximum absolute atomic E-state index is 11.5. The Morgan fingerprint density at radius 1 is 1.38 bits per heavy atom. The number of hydrogen-bond donors (Lipinski definition) is 3. The molecule has 1 aromatic heterocycles. The molecule has 0 spiro atoms. The van der Waals surface area contributed by atoms with Crippen LogP contribution in [0.15, 0.2) is 6.07 Å². The van der Waals surface area contributed by atoms with Gasteiger partial charge in [-0.05, 0) is 44.7 Å². The summed E-state index contributed by atoms with van der Waals surface area (Å²) in [6.45, 7) is 4.10. The first-order valence-corrected chi connectivity index (χ1v) is 7.22. The lowest BCUT2D eigenvalue weighted by Crippen LogP contribution is -2.25. The molecule has 1 aliphatic carbocycles. The van der Waals surface area contributed by atoms with E-state index in [2.05, 4.69) is 15.6 Å². The molecule has 3 N–H and O–H groups in total. The number of aryl methyl sites for hydroxylation is 2. The molecule has 114 valence electrons. The first-order valence-electron chi connectivity index (χ1n) is 7.22. The van der Waals surface area contributed by atoms with Gasteiger partial charge in [-0.25, -0.2) is 9.78 Å². The van der Waals surface area contributed by atoms with Crippen LogP contribution in [-0.2, 0) is 4.79 Å². The summed E-state index contributed by atoms with van der Waals surface area (Å²) >= 11 is 0. The van der Waals surface area contributed by atoms with E-state index in [9.17, 15) is 14.7 Å². The van der Waals surface area contributed by atoms with E-state index in [1.807, 2.05) is 6.92 Å². The van der Waals surface area contributed by atoms with E-state index in [0.717, 1.165) is 18.5 Å². The number of carboxylic acids is 1. The van der Waals surface area contributed by atoms with Gasteiger partial charge >= 0.3 is 5.97 Å². The van der Waals surface area contributed by atoms with Gasteiger partial charge in [0.1, 0.15) is 11.4 Å². The van der Waals surface area contributed by atoms with Crippen molar-refractivity contribution in [2.45, 2.75) is 45.6 Å². The van der Waals surface area contributed by atoms with Crippen LogP contribution >= 0.6 is 0 Å². The molecule has 0 unspecified atom stereocenters. The average molecular weight is 291 g/mol. The lowest BCUT2D eigenvalue weighted by Gasteiger charge is -2.12. The zero-order chi connectivity index (χ0) is 15.4. The predicted octanol–water partition coefficient (Wildman–Crippen LogP) is 1.87. The van der Waals surface area contributed by atoms with E-state index >= 15 is 0 Å². The third-order valence-electron chi connectivity index (χ3n) is 3.37. The summed E-state index contributed by atoms with van der Waals surface area (Å²) in [4.78, 5) is 27.1. The second-order valence-electron chi connectivity index (χ2n) is 5.48. The van der Waals surface area contributed by atoms with Crippen molar-refractivity contribution < 1.29 is 14.7 Å². The van der Waals surface area contributed by atoms with Crippen molar-refractivity contribution in [1.29, 1.82) is 0 Å². The van der Waals surface area contributed by atoms with Crippen molar-refractivity contribution >= 4 is 17.7 Å². The van der Waals surface area contributed by atoms with Crippen molar-refractivity contribution in [1.82, 2.24) is 10.3 Å². The second-order valence-corrected chi connectivity index (χ2v) is 5.48. The summed E-state index contributed by atoms with van der Waals surface area (Å²) in [6, 6.07) is 2.13. The van der Waals surface area contributed by atoms with Crippen molar-refractivity contribution in [2.24, 2.45) is 0 Å². The van der Waals surface area contributed by atoms with Crippen LogP contribution in [0, 0.1) is 13.8 Å². The number of nitrogens with zero attached hydrogens (tertiary/aromatic N) is 1. The van der Waals surface area contributed by atoms with Crippen molar-refractivity contribution in [3.05, 3.63) is 22.9 Å². The minimum absolute atomic E-state index is 0.0612. The molecule has 0 bridgehead atoms. The number of aromatic nitrogens is 1. The molecule has 1 aliphatic rings. The fraction of sp³-hybridized carbons (Fsp3) is 0.533. The van der Waals surface area contributed by atoms with Crippen molar-refractivity contribution in [3.63, 3.8) is 0 Å². The fourth-order valence-corrected chi connectivity index (χ4v) is 2.22. The Kier molecular flexibility index (Phi) is 4.77. The predicted molar refractivity (Wildman–Crippen MR) is 79.6 cm³/mol. The quantitative estimate of drug-likeness (QED) is 0.667. The summed E-state index contributed by atoms with van der Waals surface area (Å²) in [6.07, 6.45) is 3.25. The Bertz CT molecular complexity index is 553. The number of carbonyl (C=O) groups is 2. The molecule has 0 aromatic carbocycles. The Morgan fingerprint density at radius 2 is 2.10 bits per heavy atom. The molecule has 1 heterocycles. The minimum Gasteiger partial charge on any atom is -0.478 e. The molecule has 0 radical (unpaired) electrons. The van der Waals surface area contributed by atoms with Gasteiger partial charge < -0.3 is 15.7 Å². The highest BCUT2D eigenvalue weighted by Crippen LogP contribution is 2.20. The van der Waals surface area contributed by atoms with Crippen LogP contribution in [0.25, 0.3) is 0 Å². The zero-order valence-corrected chi connectivity index (χ0v) is 12.4. The van der Waals surface area contributed by atoms with E-state index < -0.39 is 5.97 Å². The molecule has 1 amide bonds. The summed E-state index contributed by atoms with van der Waals surface area (Å²) in [7, 11) is 0. The number of rotatable bonds is 7. The standard InChI is InChI=1S/C15H21N3O3/c1-9-8-10(2)17-14(13(9)15(20)21)16-7-3-4-12(19)18-11-5-6-11/h8,11H,3-7H2,1-2H3,(H,16,17)(H,18,19)(H,20,21). The van der Waals surface area contributed by atoms with Crippen LogP contribution in [-0.4, -0.2) is 34.6 Å². The maximum atomic E-state index is 11.5. The highest BCUT2D eigenvalue weighted by molar-refractivity contribution is 5.94. The average Bonchev–Trinajstić information content (AvgIpc) is 3.17. The largest absolute Gasteiger partial charge is 0.478 e. The molecule has 0 saturated heterocycles. The van der Waals surface area contributed by atoms with Gasteiger partial charge in [0.25, 0.3) is 0 Å². The second kappa shape index (κ2) is 6.56. The third-order valence-corrected chi connectivity index (χ3v) is 3.37. The number of amides is 1. The van der Waals surface area contributed by atoms with E-state index in [-0.39, 0.29) is 11.5 Å². The number of hydrogen-bond acceptors (Lipinski definition) is 4. The van der Waals surface area contributed by atoms with Gasteiger partial charge in [0.15, 0.2) is 0 Å². The van der Waals surface area contributed by atoms with Crippen molar-refractivity contribution in [3.8, 4) is 0 Å². The van der Waals surface area contributed by atoms with E-state index in [4.69, 9.17) is 0 Å². The molecule has 2 rings (SSSR count). The smallest absolute Gasteiger partial charge is 0.339 e. The lowest BCUT2D eigenvalue weighted by atomic mass is 10.1. The first kappa shape index (κ1) is 15.3. The Balaban J connectivity index is 1.87. The van der Waals surface area contributed by atoms with Gasteiger partial charge in [-0.1, -0.05) is 0 Å². The molecule has 21 heavy (non-hydrogen) atoms. The highest BCUT2D eigenvalue weighted by atomic mass is 16.4. The SMILES string of the molecule is Cc1cc(C)c(C(=O)O)c(NCCCC(=O)NC2CC2)n1. The van der Waals surface area contributed by atoms with E-state index in [1.165, 1.54) is 0 Å². The molecular weight excluding hydrogens is 270 g/mol.